The lowest BCUT2D eigenvalue weighted by Crippen LogP contribution is -2.62. The number of hydrazine groups is 1. The van der Waals surface area contributed by atoms with Crippen LogP contribution in [-0.2, 0) is 49.7 Å². The largest absolute Gasteiger partial charge is 0.481 e. The molecule has 2 aromatic carbocycles. The number of amides is 8. The van der Waals surface area contributed by atoms with Gasteiger partial charge in [0, 0.05) is 32.9 Å². The van der Waals surface area contributed by atoms with Crippen LogP contribution < -0.4 is 26.7 Å². The minimum atomic E-state index is -1.81. The number of nitrogens with zero attached hydrogens (tertiary/aromatic N) is 3. The van der Waals surface area contributed by atoms with Crippen LogP contribution >= 0.6 is 0 Å². The maximum atomic E-state index is 14.7. The van der Waals surface area contributed by atoms with Gasteiger partial charge >= 0.3 is 18.0 Å². The van der Waals surface area contributed by atoms with Crippen molar-refractivity contribution >= 4 is 53.4 Å². The molecule has 0 spiro atoms. The number of carboxylic acids is 2. The molecule has 8 N–H and O–H groups in total. The highest BCUT2D eigenvalue weighted by Crippen LogP contribution is 2.25. The van der Waals surface area contributed by atoms with E-state index in [0.717, 1.165) is 23.1 Å². The number of rotatable bonds is 24. The summed E-state index contributed by atoms with van der Waals surface area (Å²) in [6, 6.07) is 9.74. The summed E-state index contributed by atoms with van der Waals surface area (Å²) in [6.07, 6.45) is -2.16. The Balaban J connectivity index is 1.93. The van der Waals surface area contributed by atoms with Crippen molar-refractivity contribution in [2.75, 3.05) is 13.1 Å². The Morgan fingerprint density at radius 1 is 0.806 bits per heavy atom. The molecule has 0 bridgehead atoms. The number of hydrogen-bond donors (Lipinski definition) is 8. The van der Waals surface area contributed by atoms with Crippen molar-refractivity contribution in [1.29, 1.82) is 0 Å². The molecule has 0 aliphatic carbocycles. The van der Waals surface area contributed by atoms with Crippen LogP contribution in [-0.4, -0.2) is 133 Å². The monoisotopic (exact) mass is 938 g/mol. The number of aliphatic carboxylic acids is 2. The first-order valence-electron chi connectivity index (χ1n) is 22.4. The Bertz CT molecular complexity index is 2010. The molecule has 1 heterocycles. The van der Waals surface area contributed by atoms with Crippen molar-refractivity contribution in [2.24, 2.45) is 11.8 Å². The fourth-order valence-corrected chi connectivity index (χ4v) is 7.41. The van der Waals surface area contributed by atoms with Crippen molar-refractivity contribution in [1.82, 2.24) is 41.7 Å². The number of urea groups is 1. The molecule has 21 nitrogen and oxygen atoms in total. The van der Waals surface area contributed by atoms with Gasteiger partial charge in [-0.2, -0.15) is 0 Å². The van der Waals surface area contributed by atoms with E-state index >= 15 is 0 Å². The summed E-state index contributed by atoms with van der Waals surface area (Å²) >= 11 is 0. The van der Waals surface area contributed by atoms with E-state index in [1.54, 1.807) is 27.7 Å². The molecule has 8 atom stereocenters. The van der Waals surface area contributed by atoms with Crippen LogP contribution in [0.3, 0.4) is 0 Å². The predicted molar refractivity (Wildman–Crippen MR) is 241 cm³/mol. The van der Waals surface area contributed by atoms with Crippen molar-refractivity contribution < 1.29 is 63.3 Å². The molecule has 1 aliphatic rings. The summed E-state index contributed by atoms with van der Waals surface area (Å²) in [5, 5.41) is 41.3. The van der Waals surface area contributed by atoms with Crippen LogP contribution in [0.15, 0.2) is 60.7 Å². The maximum Gasteiger partial charge on any atom is 0.336 e. The zero-order valence-electron chi connectivity index (χ0n) is 39.1. The lowest BCUT2D eigenvalue weighted by atomic mass is 9.95. The molecule has 1 saturated heterocycles. The van der Waals surface area contributed by atoms with Crippen molar-refractivity contribution in [3.8, 4) is 0 Å². The third-order valence-corrected chi connectivity index (χ3v) is 11.3. The zero-order valence-corrected chi connectivity index (χ0v) is 39.1. The van der Waals surface area contributed by atoms with E-state index < -0.39 is 127 Å². The van der Waals surface area contributed by atoms with Crippen LogP contribution in [0.25, 0.3) is 0 Å². The van der Waals surface area contributed by atoms with Gasteiger partial charge in [-0.1, -0.05) is 102 Å². The summed E-state index contributed by atoms with van der Waals surface area (Å²) in [4.78, 5) is 120. The van der Waals surface area contributed by atoms with E-state index in [1.165, 1.54) is 11.8 Å². The molecule has 0 unspecified atom stereocenters. The molecule has 0 radical (unpaired) electrons. The number of hydroxylamine groups is 2. The molecule has 1 aliphatic heterocycles. The number of likely N-dealkylation sites (tertiary alicyclic amines) is 1. The Kier molecular flexibility index (Phi) is 21.7. The van der Waals surface area contributed by atoms with E-state index in [0.29, 0.717) is 6.42 Å². The van der Waals surface area contributed by atoms with Crippen LogP contribution in [0.1, 0.15) is 104 Å². The summed E-state index contributed by atoms with van der Waals surface area (Å²) in [6.45, 7) is 11.3. The Labute approximate surface area is 390 Å². The van der Waals surface area contributed by atoms with Crippen LogP contribution in [0.2, 0.25) is 0 Å². The Morgan fingerprint density at radius 2 is 1.43 bits per heavy atom. The molecule has 368 valence electrons. The second kappa shape index (κ2) is 26.5. The number of carbonyl (C=O) groups is 9. The molecule has 21 heteroatoms. The van der Waals surface area contributed by atoms with Crippen LogP contribution in [0.4, 0.5) is 4.79 Å². The van der Waals surface area contributed by atoms with Gasteiger partial charge in [-0.15, -0.1) is 0 Å². The van der Waals surface area contributed by atoms with E-state index in [1.807, 2.05) is 67.6 Å². The number of carboxylic acid groups (broad SMARTS) is 2. The molecule has 8 amide bonds. The molecule has 2 aromatic rings. The van der Waals surface area contributed by atoms with Gasteiger partial charge in [0.1, 0.15) is 30.2 Å². The molecule has 1 fully saturated rings. The average Bonchev–Trinajstić information content (AvgIpc) is 3.72. The summed E-state index contributed by atoms with van der Waals surface area (Å²) in [7, 11) is 0. The van der Waals surface area contributed by atoms with Gasteiger partial charge in [0.2, 0.25) is 23.6 Å². The molecule has 67 heavy (non-hydrogen) atoms. The number of carbonyl (C=O) groups excluding carboxylic acids is 7. The molecular formula is C46H66N8O13. The van der Waals surface area contributed by atoms with Crippen LogP contribution in [0, 0.1) is 11.8 Å². The van der Waals surface area contributed by atoms with Gasteiger partial charge in [0.25, 0.3) is 11.8 Å². The summed E-state index contributed by atoms with van der Waals surface area (Å²) < 4.78 is 6.20. The standard InChI is InChI=1S/C46H66N8O13/c1-8-22-53(46(65)47-29(6)32-18-14-11-15-19-32)51-42(61)36-23-33(67-26-31-16-12-10-13-17-31)25-52(36)45(64)39(27(3)4)50-43(62)40(28(5)9-2)54(66)44(63)34(20-21-37(56)57)49-41(60)35(24-38(58)59)48-30(7)55/h10-19,27-29,33-36,39-40,66H,8-9,20-26H2,1-7H3,(H,47,65)(H,48,55)(H,49,60)(H,50,62)(H,51,61)(H,56,57)(H,58,59)/t28-,29-,33+,34+,35-,36-,39-,40-/m0/s1. The minimum Gasteiger partial charge on any atom is -0.481 e. The Morgan fingerprint density at radius 3 is 1.99 bits per heavy atom. The predicted octanol–water partition coefficient (Wildman–Crippen LogP) is 2.49. The zero-order chi connectivity index (χ0) is 50.0. The Hall–Kier alpha value is -6.61. The smallest absolute Gasteiger partial charge is 0.336 e. The lowest BCUT2D eigenvalue weighted by Gasteiger charge is -2.35. The number of nitrogens with one attached hydrogen (secondary N) is 5. The van der Waals surface area contributed by atoms with Gasteiger partial charge in [0.15, 0.2) is 0 Å². The maximum absolute atomic E-state index is 14.7. The number of hydrogen-bond acceptors (Lipinski definition) is 11. The highest BCUT2D eigenvalue weighted by Gasteiger charge is 2.45. The highest BCUT2D eigenvalue weighted by atomic mass is 16.5. The van der Waals surface area contributed by atoms with E-state index in [9.17, 15) is 58.6 Å². The number of benzene rings is 2. The van der Waals surface area contributed by atoms with Crippen molar-refractivity contribution in [3.63, 3.8) is 0 Å². The van der Waals surface area contributed by atoms with E-state index in [-0.39, 0.29) is 37.6 Å². The molecule has 0 saturated carbocycles. The first-order valence-corrected chi connectivity index (χ1v) is 22.4. The average molecular weight is 939 g/mol. The topological polar surface area (TPSA) is 293 Å². The van der Waals surface area contributed by atoms with Crippen molar-refractivity contribution in [3.05, 3.63) is 71.8 Å². The number of ether oxygens (including phenoxy) is 1. The SMILES string of the molecule is CCCN(NC(=O)[C@@H]1C[C@@H](OCc2ccccc2)CN1C(=O)[C@@H](NC(=O)[C@H]([C@@H](C)CC)N(O)C(=O)[C@@H](CCC(=O)O)NC(=O)[C@H](CC(=O)O)NC(C)=O)C(C)C)C(=O)N[C@@H](C)c1ccccc1. The second-order valence-corrected chi connectivity index (χ2v) is 17.0. The lowest BCUT2D eigenvalue weighted by molar-refractivity contribution is -0.187. The van der Waals surface area contributed by atoms with Crippen molar-refractivity contribution in [2.45, 2.75) is 136 Å². The third kappa shape index (κ3) is 16.6. The fourth-order valence-electron chi connectivity index (χ4n) is 7.41. The first kappa shape index (κ1) is 54.7. The van der Waals surface area contributed by atoms with Gasteiger partial charge in [0.05, 0.1) is 25.2 Å². The van der Waals surface area contributed by atoms with Gasteiger partial charge in [-0.25, -0.2) is 14.9 Å². The fraction of sp³-hybridized carbons (Fsp3) is 0.543. The van der Waals surface area contributed by atoms with E-state index in [2.05, 4.69) is 26.7 Å². The van der Waals surface area contributed by atoms with Crippen LogP contribution in [0.5, 0.6) is 0 Å². The first-order chi connectivity index (χ1) is 31.7. The molecule has 3 rings (SSSR count). The normalized spacial score (nSPS) is 17.1. The second-order valence-electron chi connectivity index (χ2n) is 17.0. The van der Waals surface area contributed by atoms with Gasteiger partial charge in [-0.05, 0) is 42.7 Å². The molecule has 0 aromatic heterocycles. The summed E-state index contributed by atoms with van der Waals surface area (Å²) in [5.74, 6) is -9.96. The van der Waals surface area contributed by atoms with E-state index in [4.69, 9.17) is 4.74 Å². The molecular weight excluding hydrogens is 873 g/mol. The minimum absolute atomic E-state index is 0.0261. The van der Waals surface area contributed by atoms with Gasteiger partial charge in [-0.3, -0.25) is 49.0 Å². The third-order valence-electron chi connectivity index (χ3n) is 11.3. The quantitative estimate of drug-likeness (QED) is 0.0555. The highest BCUT2D eigenvalue weighted by molar-refractivity contribution is 5.97. The van der Waals surface area contributed by atoms with Gasteiger partial charge < -0.3 is 41.1 Å². The summed E-state index contributed by atoms with van der Waals surface area (Å²) in [5.41, 5.74) is 4.37.